The Morgan fingerprint density at radius 3 is 2.43 bits per heavy atom. The summed E-state index contributed by atoms with van der Waals surface area (Å²) in [4.78, 5) is 4.81. The van der Waals surface area contributed by atoms with Crippen molar-refractivity contribution in [3.63, 3.8) is 0 Å². The van der Waals surface area contributed by atoms with Crippen LogP contribution in [0.5, 0.6) is 0 Å². The molecule has 8 heteroatoms. The molecule has 0 saturated heterocycles. The largest absolute Gasteiger partial charge is 0.357 e. The highest BCUT2D eigenvalue weighted by Crippen LogP contribution is 2.23. The summed E-state index contributed by atoms with van der Waals surface area (Å²) in [5.74, 6) is 0.305. The molecule has 2 N–H and O–H groups in total. The van der Waals surface area contributed by atoms with Crippen LogP contribution in [-0.2, 0) is 22.0 Å². The molecule has 0 aliphatic carbocycles. The van der Waals surface area contributed by atoms with E-state index in [4.69, 9.17) is 0 Å². The third-order valence-corrected chi connectivity index (χ3v) is 6.70. The van der Waals surface area contributed by atoms with Crippen molar-refractivity contribution in [2.45, 2.75) is 37.6 Å². The molecule has 0 heterocycles. The molecule has 0 bridgehead atoms. The Hall–Kier alpha value is -2.45. The van der Waals surface area contributed by atoms with E-state index in [0.717, 1.165) is 5.56 Å². The van der Waals surface area contributed by atoms with Crippen LogP contribution in [0.3, 0.4) is 0 Å². The predicted molar refractivity (Wildman–Crippen MR) is 120 cm³/mol. The second-order valence-corrected chi connectivity index (χ2v) is 9.96. The topological polar surface area (TPSA) is 73.8 Å². The summed E-state index contributed by atoms with van der Waals surface area (Å²) in [5, 5.41) is 6.46. The van der Waals surface area contributed by atoms with Crippen LogP contribution >= 0.6 is 0 Å². The first-order chi connectivity index (χ1) is 14.1. The van der Waals surface area contributed by atoms with Crippen LogP contribution < -0.4 is 10.6 Å². The highest BCUT2D eigenvalue weighted by molar-refractivity contribution is 7.89. The molecule has 0 atom stereocenters. The van der Waals surface area contributed by atoms with E-state index < -0.39 is 10.0 Å². The molecule has 0 aliphatic rings. The third kappa shape index (κ3) is 6.03. The molecule has 0 spiro atoms. The number of aliphatic imine (C=N–C) groups is 1. The molecule has 0 unspecified atom stereocenters. The van der Waals surface area contributed by atoms with Gasteiger partial charge in [-0.3, -0.25) is 0 Å². The Morgan fingerprint density at radius 2 is 1.80 bits per heavy atom. The normalized spacial score (nSPS) is 12.8. The van der Waals surface area contributed by atoms with Crippen LogP contribution in [-0.4, -0.2) is 45.9 Å². The van der Waals surface area contributed by atoms with Crippen molar-refractivity contribution < 1.29 is 12.8 Å². The first-order valence-corrected chi connectivity index (χ1v) is 11.3. The Morgan fingerprint density at radius 1 is 1.10 bits per heavy atom. The Kier molecular flexibility index (Phi) is 7.97. The van der Waals surface area contributed by atoms with Crippen LogP contribution in [0, 0.1) is 5.82 Å². The zero-order valence-electron chi connectivity index (χ0n) is 18.2. The zero-order chi connectivity index (χ0) is 22.4. The van der Waals surface area contributed by atoms with Gasteiger partial charge in [-0.15, -0.1) is 0 Å². The highest BCUT2D eigenvalue weighted by atomic mass is 32.2. The first-order valence-electron chi connectivity index (χ1n) is 9.86. The number of rotatable bonds is 8. The van der Waals surface area contributed by atoms with Gasteiger partial charge in [0.05, 0.1) is 11.4 Å². The van der Waals surface area contributed by atoms with Crippen molar-refractivity contribution >= 4 is 16.0 Å². The number of sulfonamides is 1. The summed E-state index contributed by atoms with van der Waals surface area (Å²) in [6.45, 7) is 7.40. The van der Waals surface area contributed by atoms with E-state index in [1.54, 1.807) is 30.3 Å². The lowest BCUT2D eigenvalue weighted by molar-refractivity contribution is 0.503. The van der Waals surface area contributed by atoms with Gasteiger partial charge in [0.2, 0.25) is 10.0 Å². The molecule has 2 aromatic rings. The van der Waals surface area contributed by atoms with E-state index in [1.807, 2.05) is 26.8 Å². The van der Waals surface area contributed by atoms with Crippen molar-refractivity contribution in [1.29, 1.82) is 0 Å². The van der Waals surface area contributed by atoms with Crippen LogP contribution in [0.15, 0.2) is 58.4 Å². The van der Waals surface area contributed by atoms with Gasteiger partial charge < -0.3 is 10.6 Å². The fraction of sp³-hybridized carbons (Fsp3) is 0.409. The van der Waals surface area contributed by atoms with Crippen molar-refractivity contribution in [2.24, 2.45) is 4.99 Å². The molecular weight excluding hydrogens is 403 g/mol. The number of nitrogens with one attached hydrogen (secondary N) is 2. The number of hydrogen-bond acceptors (Lipinski definition) is 3. The van der Waals surface area contributed by atoms with E-state index >= 15 is 0 Å². The maximum Gasteiger partial charge on any atom is 0.242 e. The average Bonchev–Trinajstić information content (AvgIpc) is 2.70. The molecule has 164 valence electrons. The Bertz CT molecular complexity index is 988. The monoisotopic (exact) mass is 434 g/mol. The van der Waals surface area contributed by atoms with Crippen molar-refractivity contribution in [2.75, 3.05) is 27.2 Å². The Labute approximate surface area is 179 Å². The molecule has 2 rings (SSSR count). The van der Waals surface area contributed by atoms with Crippen molar-refractivity contribution in [3.8, 4) is 0 Å². The maximum atomic E-state index is 13.6. The third-order valence-electron chi connectivity index (χ3n) is 4.79. The summed E-state index contributed by atoms with van der Waals surface area (Å²) in [6.07, 6.45) is 0. The summed E-state index contributed by atoms with van der Waals surface area (Å²) >= 11 is 0. The second-order valence-electron chi connectivity index (χ2n) is 7.84. The van der Waals surface area contributed by atoms with Gasteiger partial charge in [-0.05, 0) is 36.2 Å². The summed E-state index contributed by atoms with van der Waals surface area (Å²) in [5.41, 5.74) is 1.17. The van der Waals surface area contributed by atoms with Gasteiger partial charge in [0.15, 0.2) is 5.96 Å². The molecule has 0 amide bonds. The second kappa shape index (κ2) is 10.0. The Balaban J connectivity index is 2.20. The standard InChI is InChI=1S/C22H31FN4O2S/c1-6-24-21(26-16-22(2,3)18-11-9-12-19(23)14-18)25-15-17-10-7-8-13-20(17)30(28,29)27(4)5/h7-14H,6,15-16H2,1-5H3,(H2,24,25,26). The molecule has 0 aliphatic heterocycles. The number of nitrogens with zero attached hydrogens (tertiary/aromatic N) is 2. The number of guanidine groups is 1. The molecule has 0 radical (unpaired) electrons. The van der Waals surface area contributed by atoms with Crippen LogP contribution in [0.4, 0.5) is 4.39 Å². The minimum absolute atomic E-state index is 0.207. The summed E-state index contributed by atoms with van der Waals surface area (Å²) in [6, 6.07) is 13.4. The lowest BCUT2D eigenvalue weighted by Crippen LogP contribution is -2.43. The van der Waals surface area contributed by atoms with Crippen LogP contribution in [0.25, 0.3) is 0 Å². The smallest absolute Gasteiger partial charge is 0.242 e. The minimum Gasteiger partial charge on any atom is -0.357 e. The zero-order valence-corrected chi connectivity index (χ0v) is 19.1. The van der Waals surface area contributed by atoms with E-state index in [2.05, 4.69) is 15.6 Å². The van der Waals surface area contributed by atoms with E-state index in [-0.39, 0.29) is 22.7 Å². The van der Waals surface area contributed by atoms with E-state index in [1.165, 1.54) is 30.5 Å². The van der Waals surface area contributed by atoms with E-state index in [0.29, 0.717) is 24.6 Å². The molecule has 30 heavy (non-hydrogen) atoms. The van der Waals surface area contributed by atoms with Gasteiger partial charge in [-0.2, -0.15) is 0 Å². The first kappa shape index (κ1) is 23.8. The van der Waals surface area contributed by atoms with Gasteiger partial charge in [0.1, 0.15) is 5.82 Å². The molecule has 0 fully saturated rings. The fourth-order valence-corrected chi connectivity index (χ4v) is 4.01. The lowest BCUT2D eigenvalue weighted by atomic mass is 9.84. The van der Waals surface area contributed by atoms with Crippen molar-refractivity contribution in [3.05, 3.63) is 65.5 Å². The molecule has 6 nitrogen and oxygen atoms in total. The number of benzene rings is 2. The highest BCUT2D eigenvalue weighted by Gasteiger charge is 2.22. The molecular formula is C22H31FN4O2S. The fourth-order valence-electron chi connectivity index (χ4n) is 2.90. The molecule has 0 saturated carbocycles. The van der Waals surface area contributed by atoms with Crippen LogP contribution in [0.1, 0.15) is 31.9 Å². The minimum atomic E-state index is -3.56. The lowest BCUT2D eigenvalue weighted by Gasteiger charge is -2.27. The maximum absolute atomic E-state index is 13.6. The van der Waals surface area contributed by atoms with Crippen LogP contribution in [0.2, 0.25) is 0 Å². The summed E-state index contributed by atoms with van der Waals surface area (Å²) in [7, 11) is -0.537. The van der Waals surface area contributed by atoms with Gasteiger partial charge in [-0.1, -0.05) is 44.2 Å². The number of hydrogen-bond donors (Lipinski definition) is 2. The van der Waals surface area contributed by atoms with Gasteiger partial charge in [0.25, 0.3) is 0 Å². The van der Waals surface area contributed by atoms with Gasteiger partial charge in [-0.25, -0.2) is 22.1 Å². The SMILES string of the molecule is CCNC(=NCc1ccccc1S(=O)(=O)N(C)C)NCC(C)(C)c1cccc(F)c1. The predicted octanol–water partition coefficient (Wildman–Crippen LogP) is 3.11. The van der Waals surface area contributed by atoms with Gasteiger partial charge >= 0.3 is 0 Å². The molecule has 2 aromatic carbocycles. The number of halogens is 1. The summed E-state index contributed by atoms with van der Waals surface area (Å²) < 4.78 is 40.0. The van der Waals surface area contributed by atoms with Crippen molar-refractivity contribution in [1.82, 2.24) is 14.9 Å². The van der Waals surface area contributed by atoms with Gasteiger partial charge in [0, 0.05) is 32.6 Å². The van der Waals surface area contributed by atoms with E-state index in [9.17, 15) is 12.8 Å². The quantitative estimate of drug-likeness (QED) is 0.495. The average molecular weight is 435 g/mol. The molecule has 0 aromatic heterocycles.